The summed E-state index contributed by atoms with van der Waals surface area (Å²) in [6, 6.07) is 1.46. The van der Waals surface area contributed by atoms with Crippen molar-refractivity contribution in [3.05, 3.63) is 42.0 Å². The summed E-state index contributed by atoms with van der Waals surface area (Å²) in [5, 5.41) is 15.8. The third-order valence-electron chi connectivity index (χ3n) is 9.25. The summed E-state index contributed by atoms with van der Waals surface area (Å²) in [6.07, 6.45) is 3.68. The van der Waals surface area contributed by atoms with Gasteiger partial charge in [0.1, 0.15) is 11.3 Å². The number of amides is 6. The van der Waals surface area contributed by atoms with Gasteiger partial charge in [0.05, 0.1) is 111 Å². The number of carbonyl (C=O) groups is 6. The molecule has 27 nitrogen and oxygen atoms in total. The van der Waals surface area contributed by atoms with E-state index < -0.39 is 41.2 Å². The first-order valence-electron chi connectivity index (χ1n) is 23.6. The number of nitrogens with one attached hydrogen (secondary N) is 6. The van der Waals surface area contributed by atoms with Gasteiger partial charge in [-0.1, -0.05) is 0 Å². The molecule has 0 fully saturated rings. The molecule has 0 aliphatic rings. The molecule has 0 aliphatic heterocycles. The molecule has 0 saturated carbocycles. The Bertz CT molecular complexity index is 2100. The maximum absolute atomic E-state index is 13.1. The van der Waals surface area contributed by atoms with Crippen LogP contribution in [0.15, 0.2) is 24.7 Å². The van der Waals surface area contributed by atoms with Crippen molar-refractivity contribution in [1.29, 1.82) is 0 Å². The van der Waals surface area contributed by atoms with Crippen LogP contribution in [0.2, 0.25) is 0 Å². The molecule has 0 bridgehead atoms. The van der Waals surface area contributed by atoms with Crippen LogP contribution in [0.3, 0.4) is 0 Å². The van der Waals surface area contributed by atoms with Crippen LogP contribution in [0.5, 0.6) is 0 Å². The fourth-order valence-electron chi connectivity index (χ4n) is 5.94. The monoisotopic (exact) mass is 1020 g/mol. The second kappa shape index (κ2) is 34.3. The van der Waals surface area contributed by atoms with E-state index in [0.717, 1.165) is 0 Å². The molecule has 8 N–H and O–H groups in total. The number of aromatic nitrogens is 5. The Morgan fingerprint density at radius 1 is 0.500 bits per heavy atom. The molecule has 3 heterocycles. The molecule has 27 heteroatoms. The third-order valence-corrected chi connectivity index (χ3v) is 9.25. The van der Waals surface area contributed by atoms with E-state index >= 15 is 0 Å². The standard InChI is InChI=1S/C45H74N12O15/c1-45(2,3)72-44(63)49-11-8-38(59)52-36-32-57(6)40(54-36)43(62)50-33-29-34(55(4)30-33)41(60)47-10-7-37(58)51-35-31-56(5)39(53-35)42(61)48-12-14-65-16-18-67-20-22-69-24-26-71-28-27-70-25-23-68-21-19-66-17-15-64-13-9-46/h29-32H,7-28,46H2,1-6H3,(H,47,60)(H,48,61)(H,49,63)(H,50,62)(H,51,58)(H,52,59). The molecule has 6 amide bonds. The van der Waals surface area contributed by atoms with Gasteiger partial charge < -0.3 is 94.0 Å². The molecule has 0 radical (unpaired) electrons. The molecule has 0 unspecified atom stereocenters. The number of nitrogens with two attached hydrogens (primary N) is 1. The molecular weight excluding hydrogens is 949 g/mol. The van der Waals surface area contributed by atoms with Crippen LogP contribution in [-0.2, 0) is 73.4 Å². The van der Waals surface area contributed by atoms with E-state index in [0.29, 0.717) is 111 Å². The molecule has 0 atom stereocenters. The van der Waals surface area contributed by atoms with Crippen LogP contribution in [0.1, 0.15) is 65.3 Å². The Labute approximate surface area is 419 Å². The lowest BCUT2D eigenvalue weighted by atomic mass is 10.2. The van der Waals surface area contributed by atoms with Crippen molar-refractivity contribution < 1.29 is 71.4 Å². The normalized spacial score (nSPS) is 11.3. The first-order chi connectivity index (χ1) is 34.6. The number of anilines is 3. The van der Waals surface area contributed by atoms with E-state index in [4.69, 9.17) is 48.4 Å². The van der Waals surface area contributed by atoms with Gasteiger partial charge in [0.2, 0.25) is 23.5 Å². The minimum atomic E-state index is -0.673. The highest BCUT2D eigenvalue weighted by molar-refractivity contribution is 6.04. The second-order valence-corrected chi connectivity index (χ2v) is 16.5. The van der Waals surface area contributed by atoms with E-state index in [1.807, 2.05) is 0 Å². The number of hydrogen-bond donors (Lipinski definition) is 7. The summed E-state index contributed by atoms with van der Waals surface area (Å²) in [4.78, 5) is 84.0. The average Bonchev–Trinajstić information content (AvgIpc) is 4.00. The van der Waals surface area contributed by atoms with E-state index in [1.165, 1.54) is 38.4 Å². The second-order valence-electron chi connectivity index (χ2n) is 16.5. The number of carbonyl (C=O) groups excluding carboxylic acids is 6. The minimum Gasteiger partial charge on any atom is -0.444 e. The number of alkyl carbamates (subject to hydrolysis) is 1. The Balaban J connectivity index is 1.19. The van der Waals surface area contributed by atoms with Gasteiger partial charge in [0.25, 0.3) is 17.7 Å². The third kappa shape index (κ3) is 25.9. The van der Waals surface area contributed by atoms with Gasteiger partial charge in [-0.3, -0.25) is 24.0 Å². The summed E-state index contributed by atoms with van der Waals surface area (Å²) < 4.78 is 53.0. The fourth-order valence-corrected chi connectivity index (χ4v) is 5.94. The van der Waals surface area contributed by atoms with Crippen molar-refractivity contribution >= 4 is 53.0 Å². The molecular formula is C45H74N12O15. The van der Waals surface area contributed by atoms with Crippen LogP contribution < -0.4 is 37.6 Å². The molecule has 72 heavy (non-hydrogen) atoms. The summed E-state index contributed by atoms with van der Waals surface area (Å²) in [7, 11) is 4.81. The van der Waals surface area contributed by atoms with Gasteiger partial charge in [-0.15, -0.1) is 0 Å². The van der Waals surface area contributed by atoms with Crippen LogP contribution >= 0.6 is 0 Å². The molecule has 3 rings (SSSR count). The number of rotatable bonds is 38. The van der Waals surface area contributed by atoms with Crippen LogP contribution in [0, 0.1) is 0 Å². The number of hydrogen-bond acceptors (Lipinski definition) is 18. The van der Waals surface area contributed by atoms with E-state index in [-0.39, 0.29) is 68.1 Å². The topological polar surface area (TPSA) is 324 Å². The molecule has 0 aliphatic carbocycles. The predicted octanol–water partition coefficient (Wildman–Crippen LogP) is 0.178. The highest BCUT2D eigenvalue weighted by atomic mass is 16.6. The SMILES string of the molecule is Cn1cc(NC(=O)c2nc(NC(=O)CCNC(=O)OC(C)(C)C)cn2C)cc1C(=O)NCCC(=O)Nc1cn(C)c(C(=O)NCCOCCOCCOCCOCCOCCOCCOCCOCCN)n1. The smallest absolute Gasteiger partial charge is 0.407 e. The summed E-state index contributed by atoms with van der Waals surface area (Å²) >= 11 is 0. The zero-order valence-electron chi connectivity index (χ0n) is 42.3. The Morgan fingerprint density at radius 3 is 1.35 bits per heavy atom. The minimum absolute atomic E-state index is 0.0162. The summed E-state index contributed by atoms with van der Waals surface area (Å²) in [6.45, 7) is 12.9. The number of imidazole rings is 2. The van der Waals surface area contributed by atoms with Crippen molar-refractivity contribution in [1.82, 2.24) is 39.6 Å². The number of nitrogens with zero attached hydrogens (tertiary/aromatic N) is 5. The summed E-state index contributed by atoms with van der Waals surface area (Å²) in [5.74, 6) is -2.10. The lowest BCUT2D eigenvalue weighted by Crippen LogP contribution is -2.34. The highest BCUT2D eigenvalue weighted by Crippen LogP contribution is 2.16. The zero-order valence-corrected chi connectivity index (χ0v) is 42.3. The van der Waals surface area contributed by atoms with Crippen LogP contribution in [0.25, 0.3) is 0 Å². The van der Waals surface area contributed by atoms with Gasteiger partial charge in [0.15, 0.2) is 11.6 Å². The average molecular weight is 1020 g/mol. The van der Waals surface area contributed by atoms with Crippen molar-refractivity contribution in [3.8, 4) is 0 Å². The van der Waals surface area contributed by atoms with Gasteiger partial charge in [0, 0.05) is 78.8 Å². The Hall–Kier alpha value is -6.04. The lowest BCUT2D eigenvalue weighted by molar-refractivity contribution is -0.117. The molecule has 3 aromatic heterocycles. The van der Waals surface area contributed by atoms with E-state index in [2.05, 4.69) is 41.9 Å². The van der Waals surface area contributed by atoms with Crippen molar-refractivity contribution in [2.45, 2.75) is 39.2 Å². The fraction of sp³-hybridized carbons (Fsp3) is 0.644. The molecule has 404 valence electrons. The van der Waals surface area contributed by atoms with Gasteiger partial charge in [-0.25, -0.2) is 14.8 Å². The maximum Gasteiger partial charge on any atom is 0.407 e. The Morgan fingerprint density at radius 2 is 0.903 bits per heavy atom. The van der Waals surface area contributed by atoms with Crippen molar-refractivity contribution in [2.75, 3.05) is 148 Å². The van der Waals surface area contributed by atoms with Crippen LogP contribution in [-0.4, -0.2) is 197 Å². The molecule has 3 aromatic rings. The largest absolute Gasteiger partial charge is 0.444 e. The van der Waals surface area contributed by atoms with E-state index in [1.54, 1.807) is 41.9 Å². The predicted molar refractivity (Wildman–Crippen MR) is 261 cm³/mol. The van der Waals surface area contributed by atoms with Crippen LogP contribution in [0.4, 0.5) is 22.1 Å². The highest BCUT2D eigenvalue weighted by Gasteiger charge is 2.20. The number of ether oxygens (including phenoxy) is 9. The Kier molecular flexibility index (Phi) is 28.7. The molecule has 0 spiro atoms. The van der Waals surface area contributed by atoms with Gasteiger partial charge in [-0.2, -0.15) is 0 Å². The first-order valence-corrected chi connectivity index (χ1v) is 23.6. The first kappa shape index (κ1) is 60.3. The van der Waals surface area contributed by atoms with Gasteiger partial charge in [-0.05, 0) is 26.8 Å². The lowest BCUT2D eigenvalue weighted by Gasteiger charge is -2.19. The summed E-state index contributed by atoms with van der Waals surface area (Å²) in [5.41, 5.74) is 5.17. The van der Waals surface area contributed by atoms with E-state index in [9.17, 15) is 28.8 Å². The molecule has 0 aromatic carbocycles. The maximum atomic E-state index is 13.1. The van der Waals surface area contributed by atoms with Crippen molar-refractivity contribution in [2.24, 2.45) is 26.9 Å². The quantitative estimate of drug-likeness (QED) is 0.0377. The van der Waals surface area contributed by atoms with Gasteiger partial charge >= 0.3 is 6.09 Å². The van der Waals surface area contributed by atoms with Crippen molar-refractivity contribution in [3.63, 3.8) is 0 Å². The molecule has 0 saturated heterocycles. The zero-order chi connectivity index (χ0) is 52.6. The number of aryl methyl sites for hydroxylation is 3.